The summed E-state index contributed by atoms with van der Waals surface area (Å²) in [7, 11) is 0. The van der Waals surface area contributed by atoms with E-state index in [1.165, 1.54) is 0 Å². The molecule has 0 radical (unpaired) electrons. The first-order valence-electron chi connectivity index (χ1n) is 6.91. The molecule has 1 fully saturated rings. The molecule has 6 heteroatoms. The molecule has 0 bridgehead atoms. The monoisotopic (exact) mass is 312 g/mol. The maximum atomic E-state index is 11.9. The lowest BCUT2D eigenvalue weighted by Crippen LogP contribution is -2.47. The van der Waals surface area contributed by atoms with Crippen molar-refractivity contribution in [3.05, 3.63) is 35.9 Å². The van der Waals surface area contributed by atoms with E-state index in [0.29, 0.717) is 0 Å². The molecule has 21 heavy (non-hydrogen) atoms. The zero-order valence-corrected chi connectivity index (χ0v) is 12.8. The number of halogens is 1. The fourth-order valence-corrected chi connectivity index (χ4v) is 2.13. The third-order valence-corrected chi connectivity index (χ3v) is 3.31. The average molecular weight is 313 g/mol. The van der Waals surface area contributed by atoms with E-state index >= 15 is 0 Å². The van der Waals surface area contributed by atoms with Crippen LogP contribution in [0.5, 0.6) is 0 Å². The molecule has 1 aliphatic heterocycles. The number of hydrogen-bond donors (Lipinski definition) is 2. The summed E-state index contributed by atoms with van der Waals surface area (Å²) in [5, 5.41) is 5.78. The van der Waals surface area contributed by atoms with Gasteiger partial charge in [-0.25, -0.2) is 4.79 Å². The van der Waals surface area contributed by atoms with Gasteiger partial charge in [-0.2, -0.15) is 0 Å². The van der Waals surface area contributed by atoms with Crippen LogP contribution in [0, 0.1) is 0 Å². The predicted molar refractivity (Wildman–Crippen MR) is 82.1 cm³/mol. The molecule has 1 aromatic rings. The van der Waals surface area contributed by atoms with Gasteiger partial charge in [0, 0.05) is 0 Å². The van der Waals surface area contributed by atoms with Crippen molar-refractivity contribution >= 4 is 24.3 Å². The van der Waals surface area contributed by atoms with Gasteiger partial charge in [-0.1, -0.05) is 30.3 Å². The summed E-state index contributed by atoms with van der Waals surface area (Å²) >= 11 is 0. The second-order valence-electron chi connectivity index (χ2n) is 4.97. The number of ether oxygens (including phenoxy) is 1. The minimum absolute atomic E-state index is 0. The van der Waals surface area contributed by atoms with Gasteiger partial charge in [-0.15, -0.1) is 12.4 Å². The maximum Gasteiger partial charge on any atom is 0.328 e. The number of carbonyl (C=O) groups is 2. The Kier molecular flexibility index (Phi) is 7.19. The Morgan fingerprint density at radius 2 is 2.10 bits per heavy atom. The number of rotatable bonds is 5. The second kappa shape index (κ2) is 8.64. The van der Waals surface area contributed by atoms with Crippen LogP contribution in [0.2, 0.25) is 0 Å². The largest absolute Gasteiger partial charge is 0.459 e. The Balaban J connectivity index is 0.00000220. The summed E-state index contributed by atoms with van der Waals surface area (Å²) in [5.74, 6) is -0.549. The Morgan fingerprint density at radius 1 is 1.38 bits per heavy atom. The Hall–Kier alpha value is -1.59. The molecule has 1 amide bonds. The van der Waals surface area contributed by atoms with E-state index in [2.05, 4.69) is 10.6 Å². The van der Waals surface area contributed by atoms with E-state index in [1.54, 1.807) is 6.92 Å². The first kappa shape index (κ1) is 17.5. The highest BCUT2D eigenvalue weighted by atomic mass is 35.5. The number of amides is 1. The second-order valence-corrected chi connectivity index (χ2v) is 4.97. The standard InChI is InChI=1S/C15H20N2O3.ClH/c1-11(17-14(18)13-8-5-9-16-13)15(19)20-10-12-6-3-2-4-7-12;/h2-4,6-7,11,13,16H,5,8-10H2,1H3,(H,17,18);1H/t11-,13+;/m1./s1. The first-order valence-corrected chi connectivity index (χ1v) is 6.91. The summed E-state index contributed by atoms with van der Waals surface area (Å²) in [6.07, 6.45) is 1.81. The maximum absolute atomic E-state index is 11.9. The highest BCUT2D eigenvalue weighted by Gasteiger charge is 2.25. The highest BCUT2D eigenvalue weighted by molar-refractivity contribution is 5.87. The molecule has 1 heterocycles. The third kappa shape index (κ3) is 5.36. The summed E-state index contributed by atoms with van der Waals surface area (Å²) in [4.78, 5) is 23.7. The van der Waals surface area contributed by atoms with Gasteiger partial charge in [0.25, 0.3) is 0 Å². The van der Waals surface area contributed by atoms with Gasteiger partial charge in [0.05, 0.1) is 6.04 Å². The Morgan fingerprint density at radius 3 is 2.71 bits per heavy atom. The molecule has 2 rings (SSSR count). The number of benzene rings is 1. The SMILES string of the molecule is C[C@@H](NC(=O)[C@@H]1CCCN1)C(=O)OCc1ccccc1.Cl. The van der Waals surface area contributed by atoms with Crippen molar-refractivity contribution in [1.82, 2.24) is 10.6 Å². The highest BCUT2D eigenvalue weighted by Crippen LogP contribution is 2.06. The zero-order valence-electron chi connectivity index (χ0n) is 12.0. The molecule has 116 valence electrons. The van der Waals surface area contributed by atoms with Crippen LogP contribution in [0.15, 0.2) is 30.3 Å². The fraction of sp³-hybridized carbons (Fsp3) is 0.467. The lowest BCUT2D eigenvalue weighted by atomic mass is 10.2. The summed E-state index contributed by atoms with van der Waals surface area (Å²) < 4.78 is 5.18. The van der Waals surface area contributed by atoms with Crippen LogP contribution in [0.25, 0.3) is 0 Å². The van der Waals surface area contributed by atoms with Crippen molar-refractivity contribution in [2.75, 3.05) is 6.54 Å². The molecule has 2 atom stereocenters. The predicted octanol–water partition coefficient (Wildman–Crippen LogP) is 1.41. The minimum atomic E-state index is -0.631. The van der Waals surface area contributed by atoms with E-state index in [-0.39, 0.29) is 31.0 Å². The molecule has 0 spiro atoms. The minimum Gasteiger partial charge on any atom is -0.459 e. The van der Waals surface area contributed by atoms with Crippen LogP contribution >= 0.6 is 12.4 Å². The summed E-state index contributed by atoms with van der Waals surface area (Å²) in [6, 6.07) is 8.65. The molecule has 0 aliphatic carbocycles. The zero-order chi connectivity index (χ0) is 14.4. The smallest absolute Gasteiger partial charge is 0.328 e. The number of carbonyl (C=O) groups excluding carboxylic acids is 2. The average Bonchev–Trinajstić information content (AvgIpc) is 3.00. The molecular weight excluding hydrogens is 292 g/mol. The number of hydrogen-bond acceptors (Lipinski definition) is 4. The topological polar surface area (TPSA) is 67.4 Å². The molecule has 2 N–H and O–H groups in total. The van der Waals surface area contributed by atoms with Crippen LogP contribution in [-0.4, -0.2) is 30.5 Å². The van der Waals surface area contributed by atoms with Crippen LogP contribution in [0.4, 0.5) is 0 Å². The lowest BCUT2D eigenvalue weighted by Gasteiger charge is -2.16. The van der Waals surface area contributed by atoms with E-state index in [0.717, 1.165) is 24.9 Å². The van der Waals surface area contributed by atoms with Crippen molar-refractivity contribution in [1.29, 1.82) is 0 Å². The van der Waals surface area contributed by atoms with Gasteiger partial charge in [-0.05, 0) is 31.9 Å². The Bertz CT molecular complexity index is 461. The third-order valence-electron chi connectivity index (χ3n) is 3.31. The van der Waals surface area contributed by atoms with Gasteiger partial charge < -0.3 is 15.4 Å². The molecule has 1 aliphatic rings. The number of nitrogens with one attached hydrogen (secondary N) is 2. The van der Waals surface area contributed by atoms with Crippen molar-refractivity contribution in [2.24, 2.45) is 0 Å². The molecular formula is C15H21ClN2O3. The van der Waals surface area contributed by atoms with Crippen LogP contribution in [-0.2, 0) is 20.9 Å². The van der Waals surface area contributed by atoms with Gasteiger partial charge in [0.1, 0.15) is 12.6 Å². The van der Waals surface area contributed by atoms with Crippen LogP contribution < -0.4 is 10.6 Å². The molecule has 1 saturated heterocycles. The van der Waals surface area contributed by atoms with E-state index in [1.807, 2.05) is 30.3 Å². The molecule has 0 aromatic heterocycles. The van der Waals surface area contributed by atoms with E-state index in [9.17, 15) is 9.59 Å². The molecule has 0 saturated carbocycles. The summed E-state index contributed by atoms with van der Waals surface area (Å²) in [5.41, 5.74) is 0.928. The van der Waals surface area contributed by atoms with E-state index in [4.69, 9.17) is 4.74 Å². The van der Waals surface area contributed by atoms with Gasteiger partial charge in [0.2, 0.25) is 5.91 Å². The van der Waals surface area contributed by atoms with Gasteiger partial charge >= 0.3 is 5.97 Å². The molecule has 0 unspecified atom stereocenters. The molecule has 5 nitrogen and oxygen atoms in total. The van der Waals surface area contributed by atoms with Crippen LogP contribution in [0.3, 0.4) is 0 Å². The van der Waals surface area contributed by atoms with Gasteiger partial charge in [-0.3, -0.25) is 4.79 Å². The molecule has 1 aromatic carbocycles. The normalized spacial score (nSPS) is 18.4. The quantitative estimate of drug-likeness (QED) is 0.807. The first-order chi connectivity index (χ1) is 9.66. The number of esters is 1. The Labute approximate surface area is 130 Å². The van der Waals surface area contributed by atoms with Gasteiger partial charge in [0.15, 0.2) is 0 Å². The van der Waals surface area contributed by atoms with E-state index < -0.39 is 12.0 Å². The van der Waals surface area contributed by atoms with Crippen molar-refractivity contribution in [3.8, 4) is 0 Å². The van der Waals surface area contributed by atoms with Crippen molar-refractivity contribution < 1.29 is 14.3 Å². The fourth-order valence-electron chi connectivity index (χ4n) is 2.13. The van der Waals surface area contributed by atoms with Crippen LogP contribution in [0.1, 0.15) is 25.3 Å². The van der Waals surface area contributed by atoms with Crippen molar-refractivity contribution in [2.45, 2.75) is 38.5 Å². The van der Waals surface area contributed by atoms with Crippen molar-refractivity contribution in [3.63, 3.8) is 0 Å². The lowest BCUT2D eigenvalue weighted by molar-refractivity contribution is -0.148. The summed E-state index contributed by atoms with van der Waals surface area (Å²) in [6.45, 7) is 2.71.